The summed E-state index contributed by atoms with van der Waals surface area (Å²) in [5, 5.41) is 9.97. The number of hydrogen-bond donors (Lipinski definition) is 3. The number of carbonyl (C=O) groups excluding carboxylic acids is 1. The zero-order chi connectivity index (χ0) is 21.1. The first-order valence-corrected chi connectivity index (χ1v) is 11.2. The lowest BCUT2D eigenvalue weighted by atomic mass is 10.1. The Hall–Kier alpha value is -1.35. The molecule has 6 nitrogen and oxygen atoms in total. The van der Waals surface area contributed by atoms with Crippen LogP contribution in [0.25, 0.3) is 0 Å². The number of likely N-dealkylation sites (tertiary alicyclic amines) is 1. The number of amides is 1. The summed E-state index contributed by atoms with van der Waals surface area (Å²) < 4.78 is 0. The number of nitrogens with one attached hydrogen (secondary N) is 3. The Morgan fingerprint density at radius 3 is 2.60 bits per heavy atom. The van der Waals surface area contributed by atoms with Crippen molar-refractivity contribution in [1.29, 1.82) is 0 Å². The molecule has 1 aliphatic heterocycles. The van der Waals surface area contributed by atoms with Gasteiger partial charge in [0, 0.05) is 37.3 Å². The molecule has 0 radical (unpaired) electrons. The van der Waals surface area contributed by atoms with Gasteiger partial charge in [0.15, 0.2) is 5.96 Å². The van der Waals surface area contributed by atoms with Gasteiger partial charge in [0.05, 0.1) is 6.54 Å². The van der Waals surface area contributed by atoms with Gasteiger partial charge in [-0.1, -0.05) is 32.9 Å². The molecule has 0 aromatic heterocycles. The van der Waals surface area contributed by atoms with E-state index in [0.717, 1.165) is 56.1 Å². The van der Waals surface area contributed by atoms with Gasteiger partial charge in [0.1, 0.15) is 0 Å². The second kappa shape index (κ2) is 14.6. The van der Waals surface area contributed by atoms with Crippen molar-refractivity contribution in [2.45, 2.75) is 66.0 Å². The van der Waals surface area contributed by atoms with Crippen LogP contribution in [0, 0.1) is 5.92 Å². The number of hydrogen-bond acceptors (Lipinski definition) is 3. The van der Waals surface area contributed by atoms with Gasteiger partial charge in [-0.15, -0.1) is 24.0 Å². The molecule has 170 valence electrons. The molecule has 3 N–H and O–H groups in total. The molecule has 1 saturated heterocycles. The highest BCUT2D eigenvalue weighted by Gasteiger charge is 2.19. The summed E-state index contributed by atoms with van der Waals surface area (Å²) in [6, 6.07) is 8.44. The van der Waals surface area contributed by atoms with Crippen LogP contribution in [0.2, 0.25) is 0 Å². The Kier molecular flexibility index (Phi) is 13.0. The first-order valence-electron chi connectivity index (χ1n) is 11.2. The average molecular weight is 530 g/mol. The molecule has 0 aliphatic carbocycles. The SMILES string of the molecule is CCCN1CCC(NC(=NCc2cccc(NC(=O)C(C)CC)c2)NCC)CC1.I. The van der Waals surface area contributed by atoms with Gasteiger partial charge in [-0.3, -0.25) is 4.79 Å². The highest BCUT2D eigenvalue weighted by Crippen LogP contribution is 2.14. The van der Waals surface area contributed by atoms with E-state index in [2.05, 4.69) is 40.8 Å². The molecule has 2 rings (SSSR count). The zero-order valence-electron chi connectivity index (χ0n) is 19.0. The van der Waals surface area contributed by atoms with E-state index in [4.69, 9.17) is 4.99 Å². The summed E-state index contributed by atoms with van der Waals surface area (Å²) in [6.45, 7) is 13.2. The molecule has 1 aromatic carbocycles. The van der Waals surface area contributed by atoms with Crippen LogP contribution in [-0.2, 0) is 11.3 Å². The minimum absolute atomic E-state index is 0. The molecule has 1 aliphatic rings. The summed E-state index contributed by atoms with van der Waals surface area (Å²) in [4.78, 5) is 19.4. The number of benzene rings is 1. The van der Waals surface area contributed by atoms with Crippen molar-refractivity contribution in [2.24, 2.45) is 10.9 Å². The average Bonchev–Trinajstić information content (AvgIpc) is 2.73. The van der Waals surface area contributed by atoms with Crippen LogP contribution in [0.15, 0.2) is 29.3 Å². The third-order valence-electron chi connectivity index (χ3n) is 5.49. The fraction of sp³-hybridized carbons (Fsp3) is 0.652. The molecule has 0 spiro atoms. The molecular weight excluding hydrogens is 489 g/mol. The van der Waals surface area contributed by atoms with Crippen LogP contribution in [0.3, 0.4) is 0 Å². The number of guanidine groups is 1. The Morgan fingerprint density at radius 2 is 1.97 bits per heavy atom. The molecule has 1 aromatic rings. The number of aliphatic imine (C=N–C) groups is 1. The van der Waals surface area contributed by atoms with Crippen molar-refractivity contribution in [2.75, 3.05) is 31.5 Å². The van der Waals surface area contributed by atoms with Crippen LogP contribution < -0.4 is 16.0 Å². The Balaban J connectivity index is 0.00000450. The van der Waals surface area contributed by atoms with Gasteiger partial charge in [0.2, 0.25) is 5.91 Å². The van der Waals surface area contributed by atoms with Crippen molar-refractivity contribution in [3.63, 3.8) is 0 Å². The highest BCUT2D eigenvalue weighted by molar-refractivity contribution is 14.0. The minimum atomic E-state index is 0. The number of nitrogens with zero attached hydrogens (tertiary/aromatic N) is 2. The van der Waals surface area contributed by atoms with E-state index < -0.39 is 0 Å². The fourth-order valence-corrected chi connectivity index (χ4v) is 3.50. The normalized spacial score (nSPS) is 16.5. The summed E-state index contributed by atoms with van der Waals surface area (Å²) in [6.07, 6.45) is 4.37. The van der Waals surface area contributed by atoms with E-state index in [0.29, 0.717) is 12.6 Å². The van der Waals surface area contributed by atoms with Gasteiger partial charge in [-0.2, -0.15) is 0 Å². The molecule has 1 heterocycles. The van der Waals surface area contributed by atoms with Gasteiger partial charge in [-0.25, -0.2) is 4.99 Å². The largest absolute Gasteiger partial charge is 0.357 e. The lowest BCUT2D eigenvalue weighted by molar-refractivity contribution is -0.119. The summed E-state index contributed by atoms with van der Waals surface area (Å²) >= 11 is 0. The lowest BCUT2D eigenvalue weighted by Gasteiger charge is -2.32. The van der Waals surface area contributed by atoms with Gasteiger partial charge in [-0.05, 0) is 56.8 Å². The first-order chi connectivity index (χ1) is 14.0. The molecule has 1 fully saturated rings. The molecule has 1 unspecified atom stereocenters. The monoisotopic (exact) mass is 529 g/mol. The van der Waals surface area contributed by atoms with Crippen LogP contribution in [0.4, 0.5) is 5.69 Å². The first kappa shape index (κ1) is 26.7. The van der Waals surface area contributed by atoms with Crippen molar-refractivity contribution >= 4 is 41.5 Å². The molecular formula is C23H40IN5O. The number of halogens is 1. The summed E-state index contributed by atoms with van der Waals surface area (Å²) in [5.74, 6) is 0.957. The van der Waals surface area contributed by atoms with E-state index in [1.807, 2.05) is 32.0 Å². The van der Waals surface area contributed by atoms with Gasteiger partial charge in [0.25, 0.3) is 0 Å². The predicted molar refractivity (Wildman–Crippen MR) is 138 cm³/mol. The fourth-order valence-electron chi connectivity index (χ4n) is 3.50. The van der Waals surface area contributed by atoms with Crippen molar-refractivity contribution in [3.8, 4) is 0 Å². The van der Waals surface area contributed by atoms with Gasteiger partial charge >= 0.3 is 0 Å². The van der Waals surface area contributed by atoms with E-state index in [-0.39, 0.29) is 35.8 Å². The number of rotatable bonds is 9. The Morgan fingerprint density at radius 1 is 1.23 bits per heavy atom. The summed E-state index contributed by atoms with van der Waals surface area (Å²) in [7, 11) is 0. The summed E-state index contributed by atoms with van der Waals surface area (Å²) in [5.41, 5.74) is 1.92. The molecule has 1 atom stereocenters. The van der Waals surface area contributed by atoms with Crippen LogP contribution in [-0.4, -0.2) is 49.0 Å². The molecule has 0 saturated carbocycles. The molecule has 7 heteroatoms. The second-order valence-electron chi connectivity index (χ2n) is 7.95. The topological polar surface area (TPSA) is 68.8 Å². The van der Waals surface area contributed by atoms with E-state index in [1.54, 1.807) is 0 Å². The van der Waals surface area contributed by atoms with Crippen molar-refractivity contribution in [3.05, 3.63) is 29.8 Å². The predicted octanol–water partition coefficient (Wildman–Crippen LogP) is 4.22. The van der Waals surface area contributed by atoms with Crippen LogP contribution in [0.5, 0.6) is 0 Å². The number of piperidine rings is 1. The van der Waals surface area contributed by atoms with E-state index in [1.165, 1.54) is 13.0 Å². The quantitative estimate of drug-likeness (QED) is 0.255. The third kappa shape index (κ3) is 9.20. The van der Waals surface area contributed by atoms with Crippen molar-refractivity contribution in [1.82, 2.24) is 15.5 Å². The van der Waals surface area contributed by atoms with Gasteiger partial charge < -0.3 is 20.9 Å². The van der Waals surface area contributed by atoms with E-state index >= 15 is 0 Å². The maximum Gasteiger partial charge on any atom is 0.227 e. The standard InChI is InChI=1S/C23H39N5O.HI/c1-5-13-28-14-11-20(12-15-28)27-23(24-7-3)25-17-19-9-8-10-21(16-19)26-22(29)18(4)6-2;/h8-10,16,18,20H,5-7,11-15,17H2,1-4H3,(H,26,29)(H2,24,25,27);1H. The highest BCUT2D eigenvalue weighted by atomic mass is 127. The van der Waals surface area contributed by atoms with Crippen LogP contribution in [0.1, 0.15) is 58.9 Å². The second-order valence-corrected chi connectivity index (χ2v) is 7.95. The maximum absolute atomic E-state index is 12.1. The molecule has 1 amide bonds. The molecule has 0 bridgehead atoms. The number of anilines is 1. The zero-order valence-corrected chi connectivity index (χ0v) is 21.4. The Labute approximate surface area is 199 Å². The van der Waals surface area contributed by atoms with Crippen LogP contribution >= 0.6 is 24.0 Å². The molecule has 30 heavy (non-hydrogen) atoms. The van der Waals surface area contributed by atoms with Crippen molar-refractivity contribution < 1.29 is 4.79 Å². The smallest absolute Gasteiger partial charge is 0.227 e. The number of carbonyl (C=O) groups is 1. The van der Waals surface area contributed by atoms with E-state index in [9.17, 15) is 4.79 Å². The lowest BCUT2D eigenvalue weighted by Crippen LogP contribution is -2.48. The third-order valence-corrected chi connectivity index (χ3v) is 5.49. The maximum atomic E-state index is 12.1. The minimum Gasteiger partial charge on any atom is -0.357 e. The Bertz CT molecular complexity index is 659.